The van der Waals surface area contributed by atoms with E-state index in [1.165, 1.54) is 0 Å². The molecule has 0 bridgehead atoms. The molecule has 0 aromatic rings. The van der Waals surface area contributed by atoms with Crippen molar-refractivity contribution in [2.24, 2.45) is 0 Å². The van der Waals surface area contributed by atoms with Gasteiger partial charge >= 0.3 is 18.3 Å². The summed E-state index contributed by atoms with van der Waals surface area (Å²) in [6.07, 6.45) is -10.3. The van der Waals surface area contributed by atoms with Gasteiger partial charge in [0.2, 0.25) is 6.93 Å². The van der Waals surface area contributed by atoms with E-state index in [2.05, 4.69) is 4.94 Å². The fourth-order valence-electron chi connectivity index (χ4n) is 0.138. The zero-order valence-electron chi connectivity index (χ0n) is 9.94. The molecule has 23 heavy (non-hydrogen) atoms. The molecule has 0 amide bonds. The minimum atomic E-state index is -5.76. The third-order valence-corrected chi connectivity index (χ3v) is 0.801. The number of halogens is 13. The Bertz CT molecular complexity index is 201. The second-order valence-corrected chi connectivity index (χ2v) is 2.31. The lowest BCUT2D eigenvalue weighted by Gasteiger charge is -2.14. The van der Waals surface area contributed by atoms with Gasteiger partial charge in [-0.25, -0.2) is 13.2 Å². The monoisotopic (exact) mass is 388 g/mol. The summed E-state index contributed by atoms with van der Waals surface area (Å²) >= 11 is 0. The molecule has 1 nitrogen and oxygen atoms in total. The molecule has 0 saturated heterocycles. The second-order valence-electron chi connectivity index (χ2n) is 2.31. The molecule has 0 rings (SSSR count). The normalized spacial score (nSPS) is 10.2. The first kappa shape index (κ1) is 37.9. The van der Waals surface area contributed by atoms with Gasteiger partial charge in [-0.05, 0) is 4.53 Å². The van der Waals surface area contributed by atoms with Gasteiger partial charge in [-0.2, -0.15) is 40.1 Å². The molecule has 0 saturated carbocycles. The van der Waals surface area contributed by atoms with Crippen molar-refractivity contribution in [1.82, 2.24) is 0 Å². The standard InChI is InChI=1S/C3H2F6.C2H2F4O.CH2F2.CH3F.2CH4/c4-1-2(5,6)3(7,8)9;3-2(4,5)1-7-6;2-1-3;1-2;;/h1H2;1H2;1H2;1H3;2*1H4. The molecule has 0 heterocycles. The van der Waals surface area contributed by atoms with Crippen LogP contribution in [0.2, 0.25) is 0 Å². The lowest BCUT2D eigenvalue weighted by molar-refractivity contribution is -0.286. The predicted molar refractivity (Wildman–Crippen MR) is 57.7 cm³/mol. The molecule has 0 radical (unpaired) electrons. The molecule has 0 atom stereocenters. The average Bonchev–Trinajstić information content (AvgIpc) is 2.30. The fourth-order valence-corrected chi connectivity index (χ4v) is 0.138. The molecular weight excluding hydrogens is 371 g/mol. The minimum absolute atomic E-state index is 0. The quantitative estimate of drug-likeness (QED) is 0.502. The van der Waals surface area contributed by atoms with Gasteiger partial charge in [-0.3, -0.25) is 4.39 Å². The molecule has 150 valence electrons. The number of hydrogen-bond donors (Lipinski definition) is 0. The van der Waals surface area contributed by atoms with Gasteiger partial charge in [0.05, 0.1) is 7.18 Å². The Morgan fingerprint density at radius 3 is 1.00 bits per heavy atom. The highest BCUT2D eigenvalue weighted by molar-refractivity contribution is 4.73. The number of hydrogen-bond acceptors (Lipinski definition) is 1. The summed E-state index contributed by atoms with van der Waals surface area (Å²) in [6.45, 7) is -6.27. The molecule has 0 spiro atoms. The lowest BCUT2D eigenvalue weighted by Crippen LogP contribution is -2.38. The Hall–Kier alpha value is -0.950. The molecule has 0 N–H and O–H groups in total. The Balaban J connectivity index is -0.0000000465. The van der Waals surface area contributed by atoms with Crippen LogP contribution in [-0.2, 0) is 4.94 Å². The van der Waals surface area contributed by atoms with Crippen molar-refractivity contribution in [1.29, 1.82) is 0 Å². The van der Waals surface area contributed by atoms with E-state index >= 15 is 0 Å². The van der Waals surface area contributed by atoms with Crippen LogP contribution in [0.4, 0.5) is 57.2 Å². The summed E-state index contributed by atoms with van der Waals surface area (Å²) in [4.78, 5) is 2.28. The van der Waals surface area contributed by atoms with Crippen molar-refractivity contribution in [2.45, 2.75) is 33.1 Å². The smallest absolute Gasteiger partial charge is 0.255 e. The van der Waals surface area contributed by atoms with Crippen molar-refractivity contribution in [3.63, 3.8) is 0 Å². The molecular formula is C9H17F13O. The minimum Gasteiger partial charge on any atom is -0.255 e. The highest BCUT2D eigenvalue weighted by atomic mass is 19.4. The van der Waals surface area contributed by atoms with Crippen molar-refractivity contribution in [2.75, 3.05) is 27.4 Å². The zero-order chi connectivity index (χ0) is 18.3. The van der Waals surface area contributed by atoms with Crippen LogP contribution in [0.1, 0.15) is 14.9 Å². The third kappa shape index (κ3) is 33.7. The summed E-state index contributed by atoms with van der Waals surface area (Å²) in [6, 6.07) is 0. The summed E-state index contributed by atoms with van der Waals surface area (Å²) in [5.74, 6) is -5.19. The zero-order valence-corrected chi connectivity index (χ0v) is 9.94. The molecule has 0 aliphatic heterocycles. The van der Waals surface area contributed by atoms with Gasteiger partial charge in [-0.1, -0.05) is 14.9 Å². The summed E-state index contributed by atoms with van der Waals surface area (Å²) < 4.78 is 137. The molecule has 0 aromatic carbocycles. The summed E-state index contributed by atoms with van der Waals surface area (Å²) in [7, 11) is 0.500. The number of rotatable bonds is 2. The first-order valence-electron chi connectivity index (χ1n) is 4.09. The van der Waals surface area contributed by atoms with Gasteiger partial charge in [0.25, 0.3) is 0 Å². The first-order chi connectivity index (χ1) is 9.29. The van der Waals surface area contributed by atoms with Crippen LogP contribution in [0.15, 0.2) is 0 Å². The van der Waals surface area contributed by atoms with Gasteiger partial charge < -0.3 is 0 Å². The van der Waals surface area contributed by atoms with E-state index < -0.39 is 38.5 Å². The van der Waals surface area contributed by atoms with Gasteiger partial charge in [-0.15, -0.1) is 0 Å². The van der Waals surface area contributed by atoms with Crippen molar-refractivity contribution >= 4 is 0 Å². The second kappa shape index (κ2) is 19.1. The van der Waals surface area contributed by atoms with Crippen LogP contribution in [0, 0.1) is 0 Å². The van der Waals surface area contributed by atoms with Crippen LogP contribution in [-0.4, -0.2) is 45.7 Å². The van der Waals surface area contributed by atoms with E-state index in [1.54, 1.807) is 0 Å². The van der Waals surface area contributed by atoms with Gasteiger partial charge in [0.15, 0.2) is 13.3 Å². The highest BCUT2D eigenvalue weighted by Crippen LogP contribution is 2.35. The predicted octanol–water partition coefficient (Wildman–Crippen LogP) is 6.34. The van der Waals surface area contributed by atoms with Crippen molar-refractivity contribution < 1.29 is 62.2 Å². The average molecular weight is 388 g/mol. The van der Waals surface area contributed by atoms with Crippen LogP contribution < -0.4 is 0 Å². The maximum absolute atomic E-state index is 11.2. The van der Waals surface area contributed by atoms with Crippen molar-refractivity contribution in [3.8, 4) is 0 Å². The molecule has 0 fully saturated rings. The Morgan fingerprint density at radius 2 is 1.00 bits per heavy atom. The number of alkyl halides is 12. The van der Waals surface area contributed by atoms with E-state index in [-0.39, 0.29) is 14.9 Å². The Morgan fingerprint density at radius 1 is 0.739 bits per heavy atom. The van der Waals surface area contributed by atoms with E-state index in [0.29, 0.717) is 7.18 Å². The largest absolute Gasteiger partial charge is 0.456 e. The molecule has 0 aromatic heterocycles. The maximum atomic E-state index is 11.2. The third-order valence-electron chi connectivity index (χ3n) is 0.801. The van der Waals surface area contributed by atoms with Crippen molar-refractivity contribution in [3.05, 3.63) is 0 Å². The lowest BCUT2D eigenvalue weighted by atomic mass is 10.4. The van der Waals surface area contributed by atoms with E-state index in [9.17, 15) is 57.2 Å². The highest BCUT2D eigenvalue weighted by Gasteiger charge is 2.57. The van der Waals surface area contributed by atoms with E-state index in [1.807, 2.05) is 0 Å². The van der Waals surface area contributed by atoms with E-state index in [4.69, 9.17) is 0 Å². The SMILES string of the molecule is C.C.CF.FCC(F)(F)C(F)(F)F.FCF.FOCC(F)(F)F. The Labute approximate surface area is 124 Å². The van der Waals surface area contributed by atoms with Crippen LogP contribution in [0.25, 0.3) is 0 Å². The molecule has 0 unspecified atom stereocenters. The topological polar surface area (TPSA) is 9.23 Å². The maximum Gasteiger partial charge on any atom is 0.456 e. The van der Waals surface area contributed by atoms with Gasteiger partial charge in [0, 0.05) is 0 Å². The van der Waals surface area contributed by atoms with Crippen LogP contribution >= 0.6 is 0 Å². The fraction of sp³-hybridized carbons (Fsp3) is 1.00. The van der Waals surface area contributed by atoms with E-state index in [0.717, 1.165) is 0 Å². The first-order valence-corrected chi connectivity index (χ1v) is 4.09. The summed E-state index contributed by atoms with van der Waals surface area (Å²) in [5, 5.41) is 0. The van der Waals surface area contributed by atoms with Crippen LogP contribution in [0.3, 0.4) is 0 Å². The molecule has 14 heteroatoms. The molecule has 0 aliphatic rings. The van der Waals surface area contributed by atoms with Crippen LogP contribution in [0.5, 0.6) is 0 Å². The van der Waals surface area contributed by atoms with Gasteiger partial charge in [0.1, 0.15) is 0 Å². The summed E-state index contributed by atoms with van der Waals surface area (Å²) in [5.41, 5.74) is 0. The Kier molecular flexibility index (Phi) is 31.5. The molecule has 0 aliphatic carbocycles.